The van der Waals surface area contributed by atoms with E-state index in [0.29, 0.717) is 0 Å². The largest absolute Gasteiger partial charge is 0.396 e. The third-order valence-electron chi connectivity index (χ3n) is 1.31. The van der Waals surface area contributed by atoms with Crippen molar-refractivity contribution in [3.05, 3.63) is 0 Å². The van der Waals surface area contributed by atoms with Crippen LogP contribution >= 0.6 is 0 Å². The molecule has 0 fully saturated rings. The van der Waals surface area contributed by atoms with Gasteiger partial charge in [0.15, 0.2) is 5.96 Å². The van der Waals surface area contributed by atoms with E-state index in [1.807, 2.05) is 0 Å². The number of rotatable bonds is 4. The van der Waals surface area contributed by atoms with Crippen LogP contribution in [0, 0.1) is 5.41 Å². The number of nitrogens with one attached hydrogen (secondary N) is 1. The first-order valence-corrected chi connectivity index (χ1v) is 3.34. The average Bonchev–Trinajstić information content (AvgIpc) is 1.88. The van der Waals surface area contributed by atoms with Gasteiger partial charge in [-0.1, -0.05) is 0 Å². The zero-order valence-corrected chi connectivity index (χ0v) is 6.30. The smallest absolute Gasteiger partial charge is 0.188 e. The maximum Gasteiger partial charge on any atom is 0.188 e. The Labute approximate surface area is 61.1 Å². The molecule has 0 amide bonds. The van der Waals surface area contributed by atoms with Crippen LogP contribution in [0.2, 0.25) is 0 Å². The van der Waals surface area contributed by atoms with Crippen molar-refractivity contribution in [3.63, 3.8) is 0 Å². The first kappa shape index (κ1) is 9.23. The Morgan fingerprint density at radius 2 is 2.20 bits per heavy atom. The molecule has 0 aromatic rings. The topological polar surface area (TPSA) is 73.3 Å². The van der Waals surface area contributed by atoms with Crippen molar-refractivity contribution < 1.29 is 5.11 Å². The minimum absolute atomic E-state index is 0.0814. The second-order valence-electron chi connectivity index (χ2n) is 2.24. The fourth-order valence-corrected chi connectivity index (χ4v) is 0.581. The quantitative estimate of drug-likeness (QED) is 0.286. The first-order valence-electron chi connectivity index (χ1n) is 3.34. The van der Waals surface area contributed by atoms with Gasteiger partial charge in [0, 0.05) is 20.2 Å². The third kappa shape index (κ3) is 4.14. The summed E-state index contributed by atoms with van der Waals surface area (Å²) in [6.07, 6.45) is 1.66. The number of hydrogen-bond donors (Lipinski definition) is 3. The molecule has 0 atom stereocenters. The lowest BCUT2D eigenvalue weighted by Crippen LogP contribution is -2.33. The maximum absolute atomic E-state index is 8.41. The summed E-state index contributed by atoms with van der Waals surface area (Å²) in [5.41, 5.74) is 5.16. The van der Waals surface area contributed by atoms with Gasteiger partial charge in [-0.3, -0.25) is 5.41 Å². The van der Waals surface area contributed by atoms with Crippen LogP contribution in [0.3, 0.4) is 0 Å². The van der Waals surface area contributed by atoms with Gasteiger partial charge < -0.3 is 15.7 Å². The van der Waals surface area contributed by atoms with Crippen LogP contribution in [0.1, 0.15) is 12.8 Å². The predicted molar refractivity (Wildman–Crippen MR) is 40.9 cm³/mol. The molecular formula is C6H15N3O. The van der Waals surface area contributed by atoms with Gasteiger partial charge in [0.2, 0.25) is 0 Å². The summed E-state index contributed by atoms with van der Waals surface area (Å²) in [5.74, 6) is 0.0814. The predicted octanol–water partition coefficient (Wildman–Crippen LogP) is -0.416. The standard InChI is InChI=1S/C6H15N3O/c1-9(6(7)8)4-2-3-5-10/h10H,2-5H2,1H3,(H3,7,8). The molecule has 0 heterocycles. The number of aliphatic hydroxyl groups is 1. The molecule has 0 unspecified atom stereocenters. The van der Waals surface area contributed by atoms with Gasteiger partial charge in [-0.2, -0.15) is 0 Å². The van der Waals surface area contributed by atoms with E-state index in [0.717, 1.165) is 19.4 Å². The van der Waals surface area contributed by atoms with Crippen LogP contribution in [-0.4, -0.2) is 36.2 Å². The van der Waals surface area contributed by atoms with E-state index in [1.165, 1.54) is 0 Å². The van der Waals surface area contributed by atoms with E-state index in [-0.39, 0.29) is 12.6 Å². The van der Waals surface area contributed by atoms with E-state index >= 15 is 0 Å². The summed E-state index contributed by atoms with van der Waals surface area (Å²) >= 11 is 0. The van der Waals surface area contributed by atoms with E-state index in [4.69, 9.17) is 16.2 Å². The summed E-state index contributed by atoms with van der Waals surface area (Å²) in [6, 6.07) is 0. The first-order chi connectivity index (χ1) is 4.68. The molecule has 0 aromatic heterocycles. The van der Waals surface area contributed by atoms with E-state index in [9.17, 15) is 0 Å². The molecular weight excluding hydrogens is 130 g/mol. The lowest BCUT2D eigenvalue weighted by Gasteiger charge is -2.15. The molecule has 0 saturated carbocycles. The molecule has 0 radical (unpaired) electrons. The summed E-state index contributed by atoms with van der Waals surface area (Å²) in [7, 11) is 1.76. The van der Waals surface area contributed by atoms with Gasteiger partial charge in [0.1, 0.15) is 0 Å². The van der Waals surface area contributed by atoms with Gasteiger partial charge >= 0.3 is 0 Å². The van der Waals surface area contributed by atoms with Crippen molar-refractivity contribution in [1.82, 2.24) is 4.90 Å². The number of nitrogens with zero attached hydrogens (tertiary/aromatic N) is 1. The summed E-state index contributed by atoms with van der Waals surface area (Å²) < 4.78 is 0. The molecule has 0 spiro atoms. The van der Waals surface area contributed by atoms with Crippen molar-refractivity contribution in [2.24, 2.45) is 5.73 Å². The van der Waals surface area contributed by atoms with Crippen molar-refractivity contribution >= 4 is 5.96 Å². The Morgan fingerprint density at radius 3 is 2.60 bits per heavy atom. The molecule has 60 valence electrons. The highest BCUT2D eigenvalue weighted by Gasteiger charge is 1.96. The molecule has 0 saturated heterocycles. The van der Waals surface area contributed by atoms with Gasteiger partial charge in [0.05, 0.1) is 0 Å². The third-order valence-corrected chi connectivity index (χ3v) is 1.31. The number of aliphatic hydroxyl groups excluding tert-OH is 1. The molecule has 0 rings (SSSR count). The van der Waals surface area contributed by atoms with Crippen molar-refractivity contribution in [1.29, 1.82) is 5.41 Å². The van der Waals surface area contributed by atoms with Gasteiger partial charge in [-0.05, 0) is 12.8 Å². The molecule has 4 N–H and O–H groups in total. The molecule has 4 nitrogen and oxygen atoms in total. The lowest BCUT2D eigenvalue weighted by atomic mass is 10.3. The van der Waals surface area contributed by atoms with Crippen LogP contribution in [0.25, 0.3) is 0 Å². The van der Waals surface area contributed by atoms with E-state index in [1.54, 1.807) is 11.9 Å². The second kappa shape index (κ2) is 5.05. The minimum Gasteiger partial charge on any atom is -0.396 e. The monoisotopic (exact) mass is 145 g/mol. The zero-order valence-electron chi connectivity index (χ0n) is 6.30. The number of guanidine groups is 1. The Morgan fingerprint density at radius 1 is 1.60 bits per heavy atom. The van der Waals surface area contributed by atoms with Crippen molar-refractivity contribution in [2.75, 3.05) is 20.2 Å². The number of hydrogen-bond acceptors (Lipinski definition) is 2. The highest BCUT2D eigenvalue weighted by Crippen LogP contribution is 1.89. The minimum atomic E-state index is 0.0814. The van der Waals surface area contributed by atoms with Crippen LogP contribution in [0.4, 0.5) is 0 Å². The van der Waals surface area contributed by atoms with Crippen molar-refractivity contribution in [2.45, 2.75) is 12.8 Å². The van der Waals surface area contributed by atoms with Gasteiger partial charge in [-0.15, -0.1) is 0 Å². The summed E-state index contributed by atoms with van der Waals surface area (Å²) in [4.78, 5) is 1.65. The average molecular weight is 145 g/mol. The molecule has 0 aliphatic heterocycles. The Hall–Kier alpha value is -0.770. The summed E-state index contributed by atoms with van der Waals surface area (Å²) in [5, 5.41) is 15.4. The molecule has 10 heavy (non-hydrogen) atoms. The Bertz CT molecular complexity index is 105. The van der Waals surface area contributed by atoms with Crippen LogP contribution in [0.5, 0.6) is 0 Å². The van der Waals surface area contributed by atoms with E-state index in [2.05, 4.69) is 0 Å². The van der Waals surface area contributed by atoms with Crippen molar-refractivity contribution in [3.8, 4) is 0 Å². The number of unbranched alkanes of at least 4 members (excludes halogenated alkanes) is 1. The Kier molecular flexibility index (Phi) is 4.66. The SMILES string of the molecule is CN(CCCCO)C(=N)N. The van der Waals surface area contributed by atoms with Gasteiger partial charge in [0.25, 0.3) is 0 Å². The van der Waals surface area contributed by atoms with E-state index < -0.39 is 0 Å². The summed E-state index contributed by atoms with van der Waals surface area (Å²) in [6.45, 7) is 0.960. The molecule has 0 aliphatic rings. The zero-order chi connectivity index (χ0) is 7.98. The molecule has 0 aromatic carbocycles. The maximum atomic E-state index is 8.41. The molecule has 0 aliphatic carbocycles. The highest BCUT2D eigenvalue weighted by atomic mass is 16.2. The highest BCUT2D eigenvalue weighted by molar-refractivity contribution is 5.74. The fraction of sp³-hybridized carbons (Fsp3) is 0.833. The van der Waals surface area contributed by atoms with Gasteiger partial charge in [-0.25, -0.2) is 0 Å². The normalized spacial score (nSPS) is 9.40. The van der Waals surface area contributed by atoms with Crippen LogP contribution < -0.4 is 5.73 Å². The second-order valence-corrected chi connectivity index (χ2v) is 2.24. The van der Waals surface area contributed by atoms with Crippen LogP contribution in [-0.2, 0) is 0 Å². The lowest BCUT2D eigenvalue weighted by molar-refractivity contribution is 0.278. The Balaban J connectivity index is 3.21. The molecule has 4 heteroatoms. The van der Waals surface area contributed by atoms with Crippen LogP contribution in [0.15, 0.2) is 0 Å². The fourth-order valence-electron chi connectivity index (χ4n) is 0.581. The number of nitrogens with two attached hydrogens (primary N) is 1. The molecule has 0 bridgehead atoms.